The lowest BCUT2D eigenvalue weighted by atomic mass is 9.97. The largest absolute Gasteiger partial charge is 0.454 e. The maximum absolute atomic E-state index is 6.86. The molecule has 4 heteroatoms. The van der Waals surface area contributed by atoms with Gasteiger partial charge in [0.25, 0.3) is 0 Å². The Morgan fingerprint density at radius 1 is 0.481 bits per heavy atom. The number of thiophene rings is 1. The number of furan rings is 1. The van der Waals surface area contributed by atoms with E-state index in [0.29, 0.717) is 0 Å². The molecule has 4 heterocycles. The zero-order chi connectivity index (χ0) is 33.9. The molecule has 0 radical (unpaired) electrons. The molecule has 4 aromatic heterocycles. The summed E-state index contributed by atoms with van der Waals surface area (Å²) in [5.41, 5.74) is 11.1. The van der Waals surface area contributed by atoms with Crippen LogP contribution in [0.25, 0.3) is 91.3 Å². The molecule has 0 saturated heterocycles. The van der Waals surface area contributed by atoms with Crippen molar-refractivity contribution in [3.8, 4) is 11.1 Å². The quantitative estimate of drug-likeness (QED) is 0.184. The zero-order valence-corrected chi connectivity index (χ0v) is 28.7. The van der Waals surface area contributed by atoms with Gasteiger partial charge in [-0.2, -0.15) is 0 Å². The number of rotatable bonds is 4. The Hall–Kier alpha value is -6.62. The van der Waals surface area contributed by atoms with Crippen molar-refractivity contribution >= 4 is 109 Å². The molecule has 12 aromatic rings. The van der Waals surface area contributed by atoms with Crippen molar-refractivity contribution < 1.29 is 4.42 Å². The molecule has 0 bridgehead atoms. The summed E-state index contributed by atoms with van der Waals surface area (Å²) in [6, 6.07) is 61.7. The molecule has 3 nitrogen and oxygen atoms in total. The van der Waals surface area contributed by atoms with Crippen LogP contribution in [0.2, 0.25) is 0 Å². The fraction of sp³-hybridized carbons (Fsp3) is 0. The third-order valence-electron chi connectivity index (χ3n) is 10.9. The number of anilines is 3. The van der Waals surface area contributed by atoms with E-state index in [1.165, 1.54) is 69.4 Å². The van der Waals surface area contributed by atoms with Gasteiger partial charge in [-0.15, -0.1) is 11.3 Å². The number of aromatic nitrogens is 1. The van der Waals surface area contributed by atoms with E-state index < -0.39 is 0 Å². The Morgan fingerprint density at radius 2 is 1.12 bits per heavy atom. The van der Waals surface area contributed by atoms with Crippen LogP contribution in [0.3, 0.4) is 0 Å². The van der Waals surface area contributed by atoms with Gasteiger partial charge in [-0.3, -0.25) is 0 Å². The van der Waals surface area contributed by atoms with Crippen LogP contribution in [0.1, 0.15) is 0 Å². The third-order valence-corrected chi connectivity index (χ3v) is 12.0. The number of hydrogen-bond donors (Lipinski definition) is 0. The fourth-order valence-electron chi connectivity index (χ4n) is 8.74. The van der Waals surface area contributed by atoms with Crippen LogP contribution in [0.5, 0.6) is 0 Å². The van der Waals surface area contributed by atoms with Gasteiger partial charge >= 0.3 is 0 Å². The summed E-state index contributed by atoms with van der Waals surface area (Å²) >= 11 is 1.85. The van der Waals surface area contributed by atoms with E-state index in [4.69, 9.17) is 4.42 Å². The Balaban J connectivity index is 1.30. The van der Waals surface area contributed by atoms with Crippen LogP contribution >= 0.6 is 11.3 Å². The number of fused-ring (bicyclic) bond motifs is 12. The minimum Gasteiger partial charge on any atom is -0.454 e. The molecular formula is C48H28N2OS. The molecule has 0 aliphatic carbocycles. The molecular weight excluding hydrogens is 653 g/mol. The molecule has 0 amide bonds. The van der Waals surface area contributed by atoms with E-state index in [1.54, 1.807) is 0 Å². The van der Waals surface area contributed by atoms with E-state index in [9.17, 15) is 0 Å². The molecule has 52 heavy (non-hydrogen) atoms. The molecule has 0 saturated carbocycles. The third kappa shape index (κ3) is 3.74. The van der Waals surface area contributed by atoms with Crippen molar-refractivity contribution in [1.82, 2.24) is 4.40 Å². The number of nitrogens with zero attached hydrogens (tertiary/aromatic N) is 2. The molecule has 8 aromatic carbocycles. The SMILES string of the molecule is c1ccc(-c2ccc3sc4ccccc4c3c2N(c2cc3c4ccccc4n4c5ccccc5c(c2)c34)c2cccc3c2oc2ccccc23)cc1. The van der Waals surface area contributed by atoms with Crippen molar-refractivity contribution in [2.24, 2.45) is 0 Å². The van der Waals surface area contributed by atoms with Gasteiger partial charge in [0.05, 0.1) is 27.9 Å². The fourth-order valence-corrected chi connectivity index (χ4v) is 9.85. The van der Waals surface area contributed by atoms with E-state index >= 15 is 0 Å². The van der Waals surface area contributed by atoms with Gasteiger partial charge in [-0.05, 0) is 54.1 Å². The van der Waals surface area contributed by atoms with E-state index in [0.717, 1.165) is 39.0 Å². The number of para-hydroxylation sites is 4. The molecule has 0 fully saturated rings. The Bertz CT molecular complexity index is 3280. The average molecular weight is 681 g/mol. The van der Waals surface area contributed by atoms with Gasteiger partial charge < -0.3 is 13.7 Å². The summed E-state index contributed by atoms with van der Waals surface area (Å²) in [5, 5.41) is 9.70. The molecule has 242 valence electrons. The molecule has 12 rings (SSSR count). The first-order valence-electron chi connectivity index (χ1n) is 17.7. The van der Waals surface area contributed by atoms with Gasteiger partial charge in [0.2, 0.25) is 0 Å². The van der Waals surface area contributed by atoms with E-state index in [1.807, 2.05) is 11.3 Å². The predicted octanol–water partition coefficient (Wildman–Crippen LogP) is 14.2. The highest BCUT2D eigenvalue weighted by Gasteiger charge is 2.28. The van der Waals surface area contributed by atoms with Crippen molar-refractivity contribution in [2.45, 2.75) is 0 Å². The summed E-state index contributed by atoms with van der Waals surface area (Å²) < 4.78 is 11.8. The van der Waals surface area contributed by atoms with Crippen molar-refractivity contribution in [3.63, 3.8) is 0 Å². The molecule has 0 aliphatic heterocycles. The first-order chi connectivity index (χ1) is 25.8. The van der Waals surface area contributed by atoms with E-state index in [-0.39, 0.29) is 0 Å². The Kier molecular flexibility index (Phi) is 5.65. The summed E-state index contributed by atoms with van der Waals surface area (Å²) in [5.74, 6) is 0. The van der Waals surface area contributed by atoms with Gasteiger partial charge in [0.15, 0.2) is 5.58 Å². The van der Waals surface area contributed by atoms with Gasteiger partial charge in [-0.1, -0.05) is 121 Å². The van der Waals surface area contributed by atoms with Crippen molar-refractivity contribution in [1.29, 1.82) is 0 Å². The second-order valence-corrected chi connectivity index (χ2v) is 14.7. The zero-order valence-electron chi connectivity index (χ0n) is 27.9. The summed E-state index contributed by atoms with van der Waals surface area (Å²) in [7, 11) is 0. The summed E-state index contributed by atoms with van der Waals surface area (Å²) in [6.45, 7) is 0. The Morgan fingerprint density at radius 3 is 1.88 bits per heavy atom. The Labute approximate surface area is 302 Å². The van der Waals surface area contributed by atoms with Crippen LogP contribution in [-0.4, -0.2) is 4.40 Å². The molecule has 0 N–H and O–H groups in total. The smallest absolute Gasteiger partial charge is 0.159 e. The summed E-state index contributed by atoms with van der Waals surface area (Å²) in [4.78, 5) is 2.50. The molecule has 0 unspecified atom stereocenters. The highest BCUT2D eigenvalue weighted by Crippen LogP contribution is 2.53. The second-order valence-electron chi connectivity index (χ2n) is 13.6. The van der Waals surface area contributed by atoms with Crippen LogP contribution in [-0.2, 0) is 0 Å². The normalized spacial score (nSPS) is 12.2. The van der Waals surface area contributed by atoms with Crippen LogP contribution < -0.4 is 4.90 Å². The van der Waals surface area contributed by atoms with Crippen LogP contribution in [0, 0.1) is 0 Å². The lowest BCUT2D eigenvalue weighted by Crippen LogP contribution is -2.12. The standard InChI is InChI=1S/C48H28N2OS/c1-2-13-29(14-3-1)31-25-26-44-45(36-18-7-11-24-43(36)52-44)47(31)49(41-22-12-19-35-34-17-6-10-23-42(34)51-48(35)41)30-27-37-32-15-4-8-20-39(32)50-40-21-9-5-16-33(40)38(28-30)46(37)50/h1-28H. The van der Waals surface area contributed by atoms with Crippen molar-refractivity contribution in [3.05, 3.63) is 170 Å². The first kappa shape index (κ1) is 28.1. The first-order valence-corrected chi connectivity index (χ1v) is 18.5. The van der Waals surface area contributed by atoms with E-state index in [2.05, 4.69) is 179 Å². The van der Waals surface area contributed by atoms with Gasteiger partial charge in [-0.25, -0.2) is 0 Å². The monoisotopic (exact) mass is 680 g/mol. The number of benzene rings is 8. The lowest BCUT2D eigenvalue weighted by Gasteiger charge is -2.29. The predicted molar refractivity (Wildman–Crippen MR) is 221 cm³/mol. The minimum absolute atomic E-state index is 0.874. The highest BCUT2D eigenvalue weighted by molar-refractivity contribution is 7.26. The topological polar surface area (TPSA) is 20.8 Å². The number of hydrogen-bond acceptors (Lipinski definition) is 3. The molecule has 0 spiro atoms. The maximum atomic E-state index is 6.86. The van der Waals surface area contributed by atoms with Crippen molar-refractivity contribution in [2.75, 3.05) is 4.90 Å². The van der Waals surface area contributed by atoms with Crippen LogP contribution in [0.4, 0.5) is 17.1 Å². The lowest BCUT2D eigenvalue weighted by molar-refractivity contribution is 0.669. The van der Waals surface area contributed by atoms with Crippen LogP contribution in [0.15, 0.2) is 174 Å². The second kappa shape index (κ2) is 10.5. The maximum Gasteiger partial charge on any atom is 0.159 e. The van der Waals surface area contributed by atoms with Gasteiger partial charge in [0.1, 0.15) is 5.58 Å². The summed E-state index contributed by atoms with van der Waals surface area (Å²) in [6.07, 6.45) is 0. The molecule has 0 aliphatic rings. The average Bonchev–Trinajstić information content (AvgIpc) is 3.96. The minimum atomic E-state index is 0.874. The van der Waals surface area contributed by atoms with Gasteiger partial charge in [0, 0.05) is 63.7 Å². The molecule has 0 atom stereocenters. The highest BCUT2D eigenvalue weighted by atomic mass is 32.1.